The van der Waals surface area contributed by atoms with Crippen molar-refractivity contribution in [2.75, 3.05) is 5.32 Å². The molecule has 4 heteroatoms. The highest BCUT2D eigenvalue weighted by Gasteiger charge is 2.30. The number of aliphatic imine (C=N–C) groups is 1. The Bertz CT molecular complexity index is 447. The Balaban J connectivity index is 1.80. The van der Waals surface area contributed by atoms with Crippen LogP contribution < -0.4 is 11.1 Å². The summed E-state index contributed by atoms with van der Waals surface area (Å²) in [5.41, 5.74) is 8.23. The van der Waals surface area contributed by atoms with Gasteiger partial charge in [0.15, 0.2) is 5.96 Å². The van der Waals surface area contributed by atoms with Gasteiger partial charge in [-0.25, -0.2) is 4.99 Å². The van der Waals surface area contributed by atoms with E-state index >= 15 is 0 Å². The molecule has 1 aromatic carbocycles. The molecule has 0 atom stereocenters. The summed E-state index contributed by atoms with van der Waals surface area (Å²) >= 11 is 0. The number of nitrogens with zero attached hydrogens (tertiary/aromatic N) is 1. The summed E-state index contributed by atoms with van der Waals surface area (Å²) in [5.74, 6) is 0.488. The highest BCUT2D eigenvalue weighted by Crippen LogP contribution is 2.27. The zero-order chi connectivity index (χ0) is 14.5. The predicted octanol–water partition coefficient (Wildman–Crippen LogP) is 2.93. The number of hydrogen-bond donors (Lipinski definition) is 2. The van der Waals surface area contributed by atoms with Crippen LogP contribution in [0.5, 0.6) is 0 Å². The quantitative estimate of drug-likeness (QED) is 0.641. The van der Waals surface area contributed by atoms with Crippen molar-refractivity contribution < 1.29 is 4.74 Å². The molecule has 2 rings (SSSR count). The molecule has 0 saturated heterocycles. The van der Waals surface area contributed by atoms with E-state index in [1.807, 2.05) is 12.1 Å². The third-order valence-corrected chi connectivity index (χ3v) is 3.49. The fourth-order valence-corrected chi connectivity index (χ4v) is 2.34. The molecule has 0 spiro atoms. The lowest BCUT2D eigenvalue weighted by molar-refractivity contribution is -0.0428. The van der Waals surface area contributed by atoms with Crippen LogP contribution in [0.2, 0.25) is 0 Å². The second-order valence-electron chi connectivity index (χ2n) is 5.62. The van der Waals surface area contributed by atoms with Gasteiger partial charge in [0, 0.05) is 5.69 Å². The predicted molar refractivity (Wildman–Crippen MR) is 84.1 cm³/mol. The van der Waals surface area contributed by atoms with Crippen LogP contribution in [0.1, 0.15) is 39.2 Å². The molecule has 0 aromatic heterocycles. The molecule has 0 bridgehead atoms. The monoisotopic (exact) mass is 275 g/mol. The van der Waals surface area contributed by atoms with E-state index in [2.05, 4.69) is 43.2 Å². The number of guanidine groups is 1. The summed E-state index contributed by atoms with van der Waals surface area (Å²) in [6.07, 6.45) is 3.62. The zero-order valence-corrected chi connectivity index (χ0v) is 12.6. The second kappa shape index (κ2) is 6.75. The lowest BCUT2D eigenvalue weighted by Gasteiger charge is -2.33. The van der Waals surface area contributed by atoms with Crippen LogP contribution in [0.4, 0.5) is 5.69 Å². The van der Waals surface area contributed by atoms with Crippen molar-refractivity contribution >= 4 is 11.6 Å². The molecule has 20 heavy (non-hydrogen) atoms. The number of rotatable bonds is 5. The van der Waals surface area contributed by atoms with E-state index in [4.69, 9.17) is 10.5 Å². The largest absolute Gasteiger partial charge is 0.375 e. The first kappa shape index (κ1) is 14.9. The third-order valence-electron chi connectivity index (χ3n) is 3.49. The molecule has 0 amide bonds. The smallest absolute Gasteiger partial charge is 0.193 e. The fraction of sp³-hybridized carbons (Fsp3) is 0.562. The topological polar surface area (TPSA) is 59.6 Å². The highest BCUT2D eigenvalue weighted by molar-refractivity contribution is 5.92. The first-order valence-electron chi connectivity index (χ1n) is 7.41. The first-order valence-corrected chi connectivity index (χ1v) is 7.41. The maximum absolute atomic E-state index is 5.93. The summed E-state index contributed by atoms with van der Waals surface area (Å²) in [6.45, 7) is 6.27. The van der Waals surface area contributed by atoms with E-state index < -0.39 is 0 Å². The Labute approximate surface area is 121 Å². The number of nitrogens with one attached hydrogen (secondary N) is 1. The van der Waals surface area contributed by atoms with Gasteiger partial charge in [-0.05, 0) is 50.8 Å². The number of hydrogen-bond acceptors (Lipinski definition) is 2. The maximum atomic E-state index is 5.93. The van der Waals surface area contributed by atoms with E-state index in [1.165, 1.54) is 5.56 Å². The summed E-state index contributed by atoms with van der Waals surface area (Å²) < 4.78 is 5.71. The van der Waals surface area contributed by atoms with E-state index in [9.17, 15) is 0 Å². The van der Waals surface area contributed by atoms with Gasteiger partial charge in [-0.3, -0.25) is 0 Å². The van der Waals surface area contributed by atoms with Crippen molar-refractivity contribution in [3.8, 4) is 0 Å². The molecule has 1 aromatic rings. The highest BCUT2D eigenvalue weighted by atomic mass is 16.5. The van der Waals surface area contributed by atoms with Gasteiger partial charge in [0.05, 0.1) is 18.2 Å². The van der Waals surface area contributed by atoms with E-state index in [1.54, 1.807) is 0 Å². The van der Waals surface area contributed by atoms with Crippen molar-refractivity contribution in [3.05, 3.63) is 29.8 Å². The molecule has 1 aliphatic carbocycles. The van der Waals surface area contributed by atoms with Crippen molar-refractivity contribution in [2.45, 2.75) is 58.3 Å². The van der Waals surface area contributed by atoms with Gasteiger partial charge in [-0.1, -0.05) is 19.1 Å². The van der Waals surface area contributed by atoms with E-state index in [0.717, 1.165) is 24.9 Å². The molecular weight excluding hydrogens is 250 g/mol. The molecule has 0 unspecified atom stereocenters. The molecule has 110 valence electrons. The van der Waals surface area contributed by atoms with Crippen molar-refractivity contribution in [1.29, 1.82) is 0 Å². The lowest BCUT2D eigenvalue weighted by Crippen LogP contribution is -2.38. The van der Waals surface area contributed by atoms with E-state index in [0.29, 0.717) is 18.1 Å². The molecule has 0 radical (unpaired) electrons. The Morgan fingerprint density at radius 2 is 2.00 bits per heavy atom. The van der Waals surface area contributed by atoms with Crippen LogP contribution in [0.3, 0.4) is 0 Å². The number of benzene rings is 1. The Morgan fingerprint density at radius 3 is 2.55 bits per heavy atom. The zero-order valence-electron chi connectivity index (χ0n) is 12.6. The summed E-state index contributed by atoms with van der Waals surface area (Å²) in [5, 5.41) is 3.13. The molecule has 0 heterocycles. The standard InChI is InChI=1S/C16H25N3O/c1-4-12-5-7-13(8-6-12)18-16(17)19-14-9-15(10-14)20-11(2)3/h5-8,11,14-15H,4,9-10H2,1-3H3,(H3,17,18,19). The maximum Gasteiger partial charge on any atom is 0.193 e. The summed E-state index contributed by atoms with van der Waals surface area (Å²) in [4.78, 5) is 4.48. The Morgan fingerprint density at radius 1 is 1.35 bits per heavy atom. The van der Waals surface area contributed by atoms with Crippen LogP contribution in [0.25, 0.3) is 0 Å². The van der Waals surface area contributed by atoms with Crippen LogP contribution in [-0.4, -0.2) is 24.2 Å². The minimum absolute atomic E-state index is 0.289. The number of ether oxygens (including phenoxy) is 1. The summed E-state index contributed by atoms with van der Waals surface area (Å²) in [7, 11) is 0. The Kier molecular flexibility index (Phi) is 5.01. The number of aryl methyl sites for hydroxylation is 1. The molecule has 4 nitrogen and oxygen atoms in total. The van der Waals surface area contributed by atoms with Crippen molar-refractivity contribution in [1.82, 2.24) is 0 Å². The van der Waals surface area contributed by atoms with Gasteiger partial charge in [0.25, 0.3) is 0 Å². The summed E-state index contributed by atoms with van der Waals surface area (Å²) in [6, 6.07) is 8.57. The second-order valence-corrected chi connectivity index (χ2v) is 5.62. The molecule has 1 aliphatic rings. The van der Waals surface area contributed by atoms with Crippen LogP contribution in [-0.2, 0) is 11.2 Å². The minimum Gasteiger partial charge on any atom is -0.375 e. The van der Waals surface area contributed by atoms with Crippen molar-refractivity contribution in [2.24, 2.45) is 10.7 Å². The van der Waals surface area contributed by atoms with Gasteiger partial charge < -0.3 is 15.8 Å². The third kappa shape index (κ3) is 4.23. The average Bonchev–Trinajstić information content (AvgIpc) is 2.36. The molecule has 1 fully saturated rings. The normalized spacial score (nSPS) is 22.7. The van der Waals surface area contributed by atoms with Crippen LogP contribution in [0, 0.1) is 0 Å². The molecule has 3 N–H and O–H groups in total. The van der Waals surface area contributed by atoms with Gasteiger partial charge in [-0.15, -0.1) is 0 Å². The van der Waals surface area contributed by atoms with Crippen molar-refractivity contribution in [3.63, 3.8) is 0 Å². The minimum atomic E-state index is 0.289. The molecule has 0 aliphatic heterocycles. The first-order chi connectivity index (χ1) is 9.56. The molecular formula is C16H25N3O. The lowest BCUT2D eigenvalue weighted by atomic mass is 9.90. The average molecular weight is 275 g/mol. The van der Waals surface area contributed by atoms with Crippen LogP contribution >= 0.6 is 0 Å². The molecule has 1 saturated carbocycles. The van der Waals surface area contributed by atoms with Gasteiger partial charge in [-0.2, -0.15) is 0 Å². The van der Waals surface area contributed by atoms with Gasteiger partial charge in [0.2, 0.25) is 0 Å². The number of nitrogens with two attached hydrogens (primary N) is 1. The van der Waals surface area contributed by atoms with Crippen LogP contribution in [0.15, 0.2) is 29.3 Å². The Hall–Kier alpha value is -1.55. The van der Waals surface area contributed by atoms with Gasteiger partial charge >= 0.3 is 0 Å². The van der Waals surface area contributed by atoms with E-state index in [-0.39, 0.29) is 6.10 Å². The van der Waals surface area contributed by atoms with Gasteiger partial charge in [0.1, 0.15) is 0 Å². The fourth-order valence-electron chi connectivity index (χ4n) is 2.34. The SMILES string of the molecule is CCc1ccc(NC(N)=NC2CC(OC(C)C)C2)cc1. The number of anilines is 1.